The third kappa shape index (κ3) is 1.70. The zero-order chi connectivity index (χ0) is 11.0. The number of ether oxygens (including phenoxy) is 1. The third-order valence-electron chi connectivity index (χ3n) is 1.96. The smallest absolute Gasteiger partial charge is 0.341 e. The molecule has 4 nitrogen and oxygen atoms in total. The fourth-order valence-corrected chi connectivity index (χ4v) is 2.74. The number of nitrogens with zero attached hydrogens (tertiary/aromatic N) is 1. The van der Waals surface area contributed by atoms with E-state index in [1.807, 2.05) is 6.07 Å². The topological polar surface area (TPSA) is 65.2 Å². The van der Waals surface area contributed by atoms with Gasteiger partial charge in [0, 0.05) is 6.20 Å². The Morgan fingerprint density at radius 3 is 3.07 bits per heavy atom. The van der Waals surface area contributed by atoms with Crippen molar-refractivity contribution in [3.05, 3.63) is 21.6 Å². The predicted molar refractivity (Wildman–Crippen MR) is 63.1 cm³/mol. The lowest BCUT2D eigenvalue weighted by Gasteiger charge is -2.02. The number of carbonyl (C=O) groups is 1. The van der Waals surface area contributed by atoms with Gasteiger partial charge in [0.2, 0.25) is 0 Å². The van der Waals surface area contributed by atoms with Gasteiger partial charge in [0.1, 0.15) is 5.56 Å². The number of thiophene rings is 1. The highest BCUT2D eigenvalue weighted by atomic mass is 79.9. The number of aromatic nitrogens is 1. The first kappa shape index (κ1) is 10.4. The zero-order valence-corrected chi connectivity index (χ0v) is 10.2. The molecule has 0 bridgehead atoms. The maximum Gasteiger partial charge on any atom is 0.341 e. The maximum absolute atomic E-state index is 11.3. The molecular formula is C9H7BrN2O2S. The first-order valence-corrected chi connectivity index (χ1v) is 5.66. The van der Waals surface area contributed by atoms with E-state index >= 15 is 0 Å². The van der Waals surface area contributed by atoms with Crippen LogP contribution in [-0.4, -0.2) is 18.1 Å². The Morgan fingerprint density at radius 2 is 2.40 bits per heavy atom. The van der Waals surface area contributed by atoms with Crippen LogP contribution < -0.4 is 5.73 Å². The van der Waals surface area contributed by atoms with E-state index in [1.165, 1.54) is 24.6 Å². The highest BCUT2D eigenvalue weighted by Gasteiger charge is 2.15. The summed E-state index contributed by atoms with van der Waals surface area (Å²) in [6, 6.07) is 1.86. The van der Waals surface area contributed by atoms with Gasteiger partial charge < -0.3 is 10.5 Å². The van der Waals surface area contributed by atoms with Crippen molar-refractivity contribution in [3.8, 4) is 0 Å². The van der Waals surface area contributed by atoms with E-state index < -0.39 is 5.97 Å². The number of esters is 1. The molecule has 2 rings (SSSR count). The Bertz CT molecular complexity index is 538. The van der Waals surface area contributed by atoms with Crippen molar-refractivity contribution >= 4 is 49.1 Å². The van der Waals surface area contributed by atoms with Crippen molar-refractivity contribution in [1.82, 2.24) is 4.98 Å². The second-order valence-electron chi connectivity index (χ2n) is 2.84. The van der Waals surface area contributed by atoms with E-state index in [9.17, 15) is 4.79 Å². The number of fused-ring (bicyclic) bond motifs is 1. The number of hydrogen-bond donors (Lipinski definition) is 1. The van der Waals surface area contributed by atoms with Gasteiger partial charge in [0.05, 0.1) is 26.8 Å². The van der Waals surface area contributed by atoms with Gasteiger partial charge in [0.25, 0.3) is 0 Å². The number of halogens is 1. The molecule has 6 heteroatoms. The lowest BCUT2D eigenvalue weighted by molar-refractivity contribution is 0.0601. The van der Waals surface area contributed by atoms with Crippen LogP contribution in [0.1, 0.15) is 10.4 Å². The first-order chi connectivity index (χ1) is 7.13. The monoisotopic (exact) mass is 286 g/mol. The normalized spacial score (nSPS) is 10.5. The number of methoxy groups -OCH3 is 1. The zero-order valence-electron chi connectivity index (χ0n) is 7.78. The van der Waals surface area contributed by atoms with E-state index in [4.69, 9.17) is 5.73 Å². The van der Waals surface area contributed by atoms with Gasteiger partial charge in [-0.05, 0) is 22.0 Å². The Kier molecular flexibility index (Phi) is 2.62. The molecule has 0 aromatic carbocycles. The average Bonchev–Trinajstić information content (AvgIpc) is 2.59. The summed E-state index contributed by atoms with van der Waals surface area (Å²) >= 11 is 4.79. The lowest BCUT2D eigenvalue weighted by Crippen LogP contribution is -2.06. The summed E-state index contributed by atoms with van der Waals surface area (Å²) in [5.41, 5.74) is 7.36. The van der Waals surface area contributed by atoms with Crippen LogP contribution in [0.5, 0.6) is 0 Å². The summed E-state index contributed by atoms with van der Waals surface area (Å²) in [6.45, 7) is 0. The highest BCUT2D eigenvalue weighted by molar-refractivity contribution is 9.11. The Hall–Kier alpha value is -1.14. The summed E-state index contributed by atoms with van der Waals surface area (Å²) in [5, 5.41) is 0. The molecule has 78 valence electrons. The summed E-state index contributed by atoms with van der Waals surface area (Å²) in [6.07, 6.45) is 1.43. The Morgan fingerprint density at radius 1 is 1.67 bits per heavy atom. The molecule has 0 atom stereocenters. The van der Waals surface area contributed by atoms with Crippen LogP contribution in [0, 0.1) is 0 Å². The minimum Gasteiger partial charge on any atom is -0.465 e. The minimum atomic E-state index is -0.466. The number of hydrogen-bond acceptors (Lipinski definition) is 5. The fraction of sp³-hybridized carbons (Fsp3) is 0.111. The first-order valence-electron chi connectivity index (χ1n) is 4.05. The van der Waals surface area contributed by atoms with Crippen molar-refractivity contribution in [2.24, 2.45) is 0 Å². The van der Waals surface area contributed by atoms with Gasteiger partial charge in [-0.1, -0.05) is 0 Å². The number of nitrogen functional groups attached to an aromatic ring is 1. The molecule has 0 aliphatic carbocycles. The van der Waals surface area contributed by atoms with Crippen molar-refractivity contribution in [2.45, 2.75) is 0 Å². The van der Waals surface area contributed by atoms with Gasteiger partial charge >= 0.3 is 5.97 Å². The van der Waals surface area contributed by atoms with Gasteiger partial charge in [-0.3, -0.25) is 4.98 Å². The molecule has 0 saturated carbocycles. The standard InChI is InChI=1S/C9H7BrN2O2S/c1-14-9(13)4-3-12-5-2-6(10)15-8(5)7(4)11/h2-3H,1H3,(H2,11,12). The van der Waals surface area contributed by atoms with Crippen LogP contribution in [0.4, 0.5) is 5.69 Å². The van der Waals surface area contributed by atoms with Crippen LogP contribution in [0.2, 0.25) is 0 Å². The van der Waals surface area contributed by atoms with Crippen LogP contribution >= 0.6 is 27.3 Å². The number of rotatable bonds is 1. The number of anilines is 1. The Labute approximate surface area is 98.2 Å². The van der Waals surface area contributed by atoms with Crippen LogP contribution in [0.25, 0.3) is 10.2 Å². The molecule has 0 saturated heterocycles. The lowest BCUT2D eigenvalue weighted by atomic mass is 10.2. The highest BCUT2D eigenvalue weighted by Crippen LogP contribution is 2.34. The molecule has 2 heterocycles. The van der Waals surface area contributed by atoms with E-state index in [0.29, 0.717) is 11.3 Å². The second-order valence-corrected chi connectivity index (χ2v) is 5.27. The van der Waals surface area contributed by atoms with Crippen molar-refractivity contribution < 1.29 is 9.53 Å². The van der Waals surface area contributed by atoms with Gasteiger partial charge in [0.15, 0.2) is 0 Å². The number of carbonyl (C=O) groups excluding carboxylic acids is 1. The van der Waals surface area contributed by atoms with E-state index in [1.54, 1.807) is 0 Å². The van der Waals surface area contributed by atoms with Crippen molar-refractivity contribution in [2.75, 3.05) is 12.8 Å². The van der Waals surface area contributed by atoms with Crippen molar-refractivity contribution in [1.29, 1.82) is 0 Å². The molecule has 15 heavy (non-hydrogen) atoms. The van der Waals surface area contributed by atoms with Crippen LogP contribution in [0.15, 0.2) is 16.0 Å². The minimum absolute atomic E-state index is 0.305. The SMILES string of the molecule is COC(=O)c1cnc2cc(Br)sc2c1N. The molecule has 2 N–H and O–H groups in total. The quantitative estimate of drug-likeness (QED) is 0.818. The van der Waals surface area contributed by atoms with Crippen LogP contribution in [0.3, 0.4) is 0 Å². The molecule has 0 fully saturated rings. The largest absolute Gasteiger partial charge is 0.465 e. The molecule has 2 aromatic rings. The van der Waals surface area contributed by atoms with E-state index in [-0.39, 0.29) is 0 Å². The van der Waals surface area contributed by atoms with Crippen molar-refractivity contribution in [3.63, 3.8) is 0 Å². The van der Waals surface area contributed by atoms with Gasteiger partial charge in [-0.25, -0.2) is 4.79 Å². The van der Waals surface area contributed by atoms with Gasteiger partial charge in [-0.2, -0.15) is 0 Å². The molecule has 2 aromatic heterocycles. The molecule has 0 aliphatic heterocycles. The molecular weight excluding hydrogens is 280 g/mol. The van der Waals surface area contributed by atoms with Crippen LogP contribution in [-0.2, 0) is 4.74 Å². The number of pyridine rings is 1. The van der Waals surface area contributed by atoms with E-state index in [2.05, 4.69) is 25.7 Å². The summed E-state index contributed by atoms with van der Waals surface area (Å²) < 4.78 is 6.33. The molecule has 0 aliphatic rings. The molecule has 0 amide bonds. The van der Waals surface area contributed by atoms with E-state index in [0.717, 1.165) is 14.0 Å². The summed E-state index contributed by atoms with van der Waals surface area (Å²) in [4.78, 5) is 15.5. The Balaban J connectivity index is 2.69. The predicted octanol–water partition coefficient (Wildman–Crippen LogP) is 2.43. The second kappa shape index (κ2) is 3.79. The molecule has 0 unspecified atom stereocenters. The molecule has 0 spiro atoms. The summed E-state index contributed by atoms with van der Waals surface area (Å²) in [7, 11) is 1.32. The maximum atomic E-state index is 11.3. The average molecular weight is 287 g/mol. The number of nitrogens with two attached hydrogens (primary N) is 1. The summed E-state index contributed by atoms with van der Waals surface area (Å²) in [5.74, 6) is -0.466. The van der Waals surface area contributed by atoms with Gasteiger partial charge in [-0.15, -0.1) is 11.3 Å². The fourth-order valence-electron chi connectivity index (χ4n) is 1.24. The third-order valence-corrected chi connectivity index (χ3v) is 3.62. The molecule has 0 radical (unpaired) electrons.